The van der Waals surface area contributed by atoms with Crippen LogP contribution in [0.3, 0.4) is 0 Å². The van der Waals surface area contributed by atoms with Gasteiger partial charge in [-0.3, -0.25) is 14.6 Å². The Hall–Kier alpha value is -2.69. The van der Waals surface area contributed by atoms with E-state index in [9.17, 15) is 9.59 Å². The van der Waals surface area contributed by atoms with Gasteiger partial charge >= 0.3 is 0 Å². The van der Waals surface area contributed by atoms with Crippen LogP contribution >= 0.6 is 0 Å². The summed E-state index contributed by atoms with van der Waals surface area (Å²) >= 11 is 0. The van der Waals surface area contributed by atoms with Gasteiger partial charge in [0, 0.05) is 55.1 Å². The third-order valence-electron chi connectivity index (χ3n) is 5.39. The maximum absolute atomic E-state index is 12.8. The van der Waals surface area contributed by atoms with Gasteiger partial charge in [-0.15, -0.1) is 0 Å². The number of hydrogen-bond donors (Lipinski definition) is 0. The number of carbonyl (C=O) groups is 2. The standard InChI is InChI=1S/C21H23N3O2/c25-20-5-3-13-24(20)18-8-6-17(7-9-18)21(26)23-14-10-16(11-15-23)19-4-1-2-12-22-19/h1-2,4,6-9,12,16H,3,5,10-11,13-15H2. The fourth-order valence-electron chi connectivity index (χ4n) is 3.88. The molecule has 2 aliphatic heterocycles. The number of carbonyl (C=O) groups excluding carboxylic acids is 2. The second-order valence-electron chi connectivity index (χ2n) is 7.02. The maximum Gasteiger partial charge on any atom is 0.253 e. The Morgan fingerprint density at radius 2 is 1.77 bits per heavy atom. The van der Waals surface area contributed by atoms with Crippen LogP contribution in [0.1, 0.15) is 47.7 Å². The van der Waals surface area contributed by atoms with Gasteiger partial charge in [0.25, 0.3) is 5.91 Å². The number of likely N-dealkylation sites (tertiary alicyclic amines) is 1. The minimum Gasteiger partial charge on any atom is -0.339 e. The van der Waals surface area contributed by atoms with E-state index in [1.54, 1.807) is 4.90 Å². The molecule has 0 atom stereocenters. The van der Waals surface area contributed by atoms with Crippen molar-refractivity contribution in [1.29, 1.82) is 0 Å². The fraction of sp³-hybridized carbons (Fsp3) is 0.381. The molecule has 26 heavy (non-hydrogen) atoms. The number of amides is 2. The van der Waals surface area contributed by atoms with Gasteiger partial charge in [-0.05, 0) is 55.7 Å². The number of pyridine rings is 1. The predicted octanol–water partition coefficient (Wildman–Crippen LogP) is 3.23. The van der Waals surface area contributed by atoms with E-state index in [0.717, 1.165) is 50.3 Å². The topological polar surface area (TPSA) is 53.5 Å². The monoisotopic (exact) mass is 349 g/mol. The number of aromatic nitrogens is 1. The van der Waals surface area contributed by atoms with E-state index < -0.39 is 0 Å². The molecule has 0 spiro atoms. The highest BCUT2D eigenvalue weighted by Gasteiger charge is 2.26. The van der Waals surface area contributed by atoms with Gasteiger partial charge in [0.2, 0.25) is 5.91 Å². The molecule has 0 bridgehead atoms. The summed E-state index contributed by atoms with van der Waals surface area (Å²) in [4.78, 5) is 32.8. The summed E-state index contributed by atoms with van der Waals surface area (Å²) in [6.07, 6.45) is 5.25. The minimum absolute atomic E-state index is 0.0729. The number of hydrogen-bond acceptors (Lipinski definition) is 3. The lowest BCUT2D eigenvalue weighted by Gasteiger charge is -2.32. The summed E-state index contributed by atoms with van der Waals surface area (Å²) in [6.45, 7) is 2.28. The number of nitrogens with zero attached hydrogens (tertiary/aromatic N) is 3. The lowest BCUT2D eigenvalue weighted by molar-refractivity contribution is -0.117. The summed E-state index contributed by atoms with van der Waals surface area (Å²) in [5, 5.41) is 0. The summed E-state index contributed by atoms with van der Waals surface area (Å²) in [6, 6.07) is 13.5. The van der Waals surface area contributed by atoms with Crippen molar-refractivity contribution in [3.8, 4) is 0 Å². The highest BCUT2D eigenvalue weighted by Crippen LogP contribution is 2.28. The molecule has 5 heteroatoms. The molecule has 0 N–H and O–H groups in total. The molecule has 2 fully saturated rings. The van der Waals surface area contributed by atoms with E-state index in [2.05, 4.69) is 11.1 Å². The normalized spacial score (nSPS) is 18.4. The van der Waals surface area contributed by atoms with E-state index in [-0.39, 0.29) is 11.8 Å². The molecule has 0 saturated carbocycles. The van der Waals surface area contributed by atoms with Gasteiger partial charge in [0.1, 0.15) is 0 Å². The van der Waals surface area contributed by atoms with E-state index in [4.69, 9.17) is 0 Å². The van der Waals surface area contributed by atoms with Gasteiger partial charge in [0.05, 0.1) is 0 Å². The second-order valence-corrected chi connectivity index (χ2v) is 7.02. The van der Waals surface area contributed by atoms with Gasteiger partial charge < -0.3 is 9.80 Å². The lowest BCUT2D eigenvalue weighted by Crippen LogP contribution is -2.38. The maximum atomic E-state index is 12.8. The summed E-state index contributed by atoms with van der Waals surface area (Å²) in [5.41, 5.74) is 2.70. The van der Waals surface area contributed by atoms with Crippen LogP contribution in [0.5, 0.6) is 0 Å². The average molecular weight is 349 g/mol. The average Bonchev–Trinajstić information content (AvgIpc) is 3.14. The molecule has 1 aromatic heterocycles. The molecule has 0 unspecified atom stereocenters. The highest BCUT2D eigenvalue weighted by molar-refractivity contribution is 5.97. The molecule has 3 heterocycles. The third-order valence-corrected chi connectivity index (χ3v) is 5.39. The summed E-state index contributed by atoms with van der Waals surface area (Å²) in [5.74, 6) is 0.674. The highest BCUT2D eigenvalue weighted by atomic mass is 16.2. The van der Waals surface area contributed by atoms with Crippen molar-refractivity contribution in [3.05, 3.63) is 59.9 Å². The van der Waals surface area contributed by atoms with Crippen molar-refractivity contribution < 1.29 is 9.59 Å². The van der Waals surface area contributed by atoms with Crippen LogP contribution in [0, 0.1) is 0 Å². The van der Waals surface area contributed by atoms with Crippen molar-refractivity contribution in [1.82, 2.24) is 9.88 Å². The van der Waals surface area contributed by atoms with Gasteiger partial charge in [0.15, 0.2) is 0 Å². The molecule has 5 nitrogen and oxygen atoms in total. The van der Waals surface area contributed by atoms with E-state index in [1.165, 1.54) is 0 Å². The van der Waals surface area contributed by atoms with Gasteiger partial charge in [-0.2, -0.15) is 0 Å². The van der Waals surface area contributed by atoms with Crippen LogP contribution < -0.4 is 4.90 Å². The molecule has 2 saturated heterocycles. The zero-order valence-corrected chi connectivity index (χ0v) is 14.8. The summed E-state index contributed by atoms with van der Waals surface area (Å²) < 4.78 is 0. The van der Waals surface area contributed by atoms with Crippen LogP contribution in [0.4, 0.5) is 5.69 Å². The first-order valence-electron chi connectivity index (χ1n) is 9.33. The number of rotatable bonds is 3. The smallest absolute Gasteiger partial charge is 0.253 e. The molecule has 2 aliphatic rings. The zero-order valence-electron chi connectivity index (χ0n) is 14.8. The van der Waals surface area contributed by atoms with Crippen molar-refractivity contribution >= 4 is 17.5 Å². The van der Waals surface area contributed by atoms with E-state index in [1.807, 2.05) is 47.5 Å². The zero-order chi connectivity index (χ0) is 17.9. The van der Waals surface area contributed by atoms with Gasteiger partial charge in [-0.25, -0.2) is 0 Å². The molecule has 1 aromatic carbocycles. The number of piperidine rings is 1. The molecular weight excluding hydrogens is 326 g/mol. The van der Waals surface area contributed by atoms with Gasteiger partial charge in [-0.1, -0.05) is 6.07 Å². The van der Waals surface area contributed by atoms with Crippen LogP contribution in [0.25, 0.3) is 0 Å². The second kappa shape index (κ2) is 7.28. The van der Waals surface area contributed by atoms with E-state index in [0.29, 0.717) is 17.9 Å². The molecule has 2 amide bonds. The largest absolute Gasteiger partial charge is 0.339 e. The Morgan fingerprint density at radius 1 is 1.00 bits per heavy atom. The Bertz CT molecular complexity index is 781. The van der Waals surface area contributed by atoms with Crippen molar-refractivity contribution in [2.24, 2.45) is 0 Å². The van der Waals surface area contributed by atoms with Crippen LogP contribution in [0.2, 0.25) is 0 Å². The third kappa shape index (κ3) is 3.34. The van der Waals surface area contributed by atoms with Crippen LogP contribution in [-0.4, -0.2) is 41.3 Å². The predicted molar refractivity (Wildman–Crippen MR) is 100 cm³/mol. The quantitative estimate of drug-likeness (QED) is 0.855. The molecule has 0 aliphatic carbocycles. The Labute approximate surface area is 153 Å². The Morgan fingerprint density at radius 3 is 2.38 bits per heavy atom. The van der Waals surface area contributed by atoms with Crippen molar-refractivity contribution in [2.45, 2.75) is 31.6 Å². The van der Waals surface area contributed by atoms with Crippen LogP contribution in [-0.2, 0) is 4.79 Å². The van der Waals surface area contributed by atoms with Crippen molar-refractivity contribution in [2.75, 3.05) is 24.5 Å². The number of anilines is 1. The first-order chi connectivity index (χ1) is 12.7. The molecule has 4 rings (SSSR count). The van der Waals surface area contributed by atoms with Crippen molar-refractivity contribution in [3.63, 3.8) is 0 Å². The molecule has 134 valence electrons. The SMILES string of the molecule is O=C(c1ccc(N2CCCC2=O)cc1)N1CCC(c2ccccn2)CC1. The number of benzene rings is 1. The lowest BCUT2D eigenvalue weighted by atomic mass is 9.92. The fourth-order valence-corrected chi connectivity index (χ4v) is 3.88. The minimum atomic E-state index is 0.0729. The molecule has 2 aromatic rings. The first-order valence-corrected chi connectivity index (χ1v) is 9.33. The Kier molecular flexibility index (Phi) is 4.69. The summed E-state index contributed by atoms with van der Waals surface area (Å²) in [7, 11) is 0. The molecular formula is C21H23N3O2. The van der Waals surface area contributed by atoms with Crippen LogP contribution in [0.15, 0.2) is 48.7 Å². The van der Waals surface area contributed by atoms with E-state index >= 15 is 0 Å². The first kappa shape index (κ1) is 16.8. The molecule has 0 radical (unpaired) electrons. The Balaban J connectivity index is 1.38.